The highest BCUT2D eigenvalue weighted by atomic mass is 32.2. The highest BCUT2D eigenvalue weighted by Gasteiger charge is 2.38. The van der Waals surface area contributed by atoms with E-state index in [0.29, 0.717) is 0 Å². The van der Waals surface area contributed by atoms with Crippen LogP contribution in [0.1, 0.15) is 22.3 Å². The Labute approximate surface area is 282 Å². The lowest BCUT2D eigenvalue weighted by atomic mass is 9.84. The van der Waals surface area contributed by atoms with Gasteiger partial charge in [0.2, 0.25) is 17.7 Å². The molecule has 1 atom stereocenters. The van der Waals surface area contributed by atoms with Crippen LogP contribution >= 0.6 is 11.8 Å². The van der Waals surface area contributed by atoms with Gasteiger partial charge >= 0.3 is 12.1 Å². The van der Waals surface area contributed by atoms with Crippen LogP contribution in [0.4, 0.5) is 4.79 Å². The van der Waals surface area contributed by atoms with Crippen molar-refractivity contribution < 1.29 is 33.8 Å². The maximum absolute atomic E-state index is 13.6. The molecule has 4 rings (SSSR count). The number of carbonyl (C=O) groups is 5. The van der Waals surface area contributed by atoms with E-state index in [1.54, 1.807) is 0 Å². The number of thioether (sulfide) groups is 1. The fourth-order valence-corrected chi connectivity index (χ4v) is 6.40. The Morgan fingerprint density at radius 2 is 1.06 bits per heavy atom. The van der Waals surface area contributed by atoms with E-state index in [1.807, 2.05) is 121 Å². The van der Waals surface area contributed by atoms with Crippen LogP contribution in [0.2, 0.25) is 0 Å². The van der Waals surface area contributed by atoms with Crippen molar-refractivity contribution in [2.24, 2.45) is 0 Å². The zero-order valence-electron chi connectivity index (χ0n) is 26.0. The summed E-state index contributed by atoms with van der Waals surface area (Å²) in [5, 5.41) is 18.3. The molecule has 4 aromatic rings. The summed E-state index contributed by atoms with van der Waals surface area (Å²) in [4.78, 5) is 61.4. The third-order valence-corrected chi connectivity index (χ3v) is 8.77. The fourth-order valence-electron chi connectivity index (χ4n) is 4.84. The molecule has 5 N–H and O–H groups in total. The van der Waals surface area contributed by atoms with Crippen LogP contribution in [0.25, 0.3) is 0 Å². The van der Waals surface area contributed by atoms with Crippen molar-refractivity contribution in [2.75, 3.05) is 25.4 Å². The van der Waals surface area contributed by atoms with Crippen molar-refractivity contribution in [1.82, 2.24) is 21.3 Å². The topological polar surface area (TPSA) is 163 Å². The molecule has 0 aromatic heterocycles. The van der Waals surface area contributed by atoms with E-state index < -0.39 is 60.2 Å². The number of carboxylic acids is 1. The molecule has 4 aromatic carbocycles. The van der Waals surface area contributed by atoms with Crippen LogP contribution in [0, 0.1) is 0 Å². The molecule has 4 amide bonds. The number of ether oxygens (including phenoxy) is 1. The average molecular weight is 669 g/mol. The van der Waals surface area contributed by atoms with Crippen LogP contribution in [-0.4, -0.2) is 66.3 Å². The Bertz CT molecular complexity index is 1560. The average Bonchev–Trinajstić information content (AvgIpc) is 3.12. The van der Waals surface area contributed by atoms with E-state index in [9.17, 15) is 24.0 Å². The number of hydrogen-bond acceptors (Lipinski definition) is 7. The second-order valence-electron chi connectivity index (χ2n) is 10.5. The minimum Gasteiger partial charge on any atom is -0.480 e. The minimum atomic E-state index is -1.23. The van der Waals surface area contributed by atoms with Gasteiger partial charge in [0.25, 0.3) is 0 Å². The summed E-state index contributed by atoms with van der Waals surface area (Å²) in [6, 6.07) is 37.5. The Morgan fingerprint density at radius 1 is 0.625 bits per heavy atom. The van der Waals surface area contributed by atoms with Crippen molar-refractivity contribution in [3.63, 3.8) is 0 Å². The van der Waals surface area contributed by atoms with E-state index in [-0.39, 0.29) is 12.4 Å². The van der Waals surface area contributed by atoms with Crippen LogP contribution in [0.3, 0.4) is 0 Å². The van der Waals surface area contributed by atoms with Gasteiger partial charge in [-0.1, -0.05) is 121 Å². The molecule has 11 nitrogen and oxygen atoms in total. The summed E-state index contributed by atoms with van der Waals surface area (Å²) in [7, 11) is 0. The van der Waals surface area contributed by atoms with Crippen molar-refractivity contribution in [3.05, 3.63) is 144 Å². The maximum Gasteiger partial charge on any atom is 0.408 e. The van der Waals surface area contributed by atoms with Gasteiger partial charge in [0.15, 0.2) is 0 Å². The van der Waals surface area contributed by atoms with Gasteiger partial charge in [-0.2, -0.15) is 0 Å². The van der Waals surface area contributed by atoms with E-state index in [4.69, 9.17) is 9.84 Å². The first-order valence-electron chi connectivity index (χ1n) is 15.1. The minimum absolute atomic E-state index is 0.0114. The number of alkyl carbamates (subject to hydrolysis) is 1. The Hall–Kier alpha value is -5.62. The van der Waals surface area contributed by atoms with Gasteiger partial charge in [-0.25, -0.2) is 4.79 Å². The smallest absolute Gasteiger partial charge is 0.408 e. The second-order valence-corrected chi connectivity index (χ2v) is 11.7. The molecule has 0 saturated carbocycles. The van der Waals surface area contributed by atoms with E-state index >= 15 is 0 Å². The summed E-state index contributed by atoms with van der Waals surface area (Å²) >= 11 is 1.44. The lowest BCUT2D eigenvalue weighted by Gasteiger charge is -2.36. The molecule has 48 heavy (non-hydrogen) atoms. The van der Waals surface area contributed by atoms with Gasteiger partial charge in [0.1, 0.15) is 19.2 Å². The lowest BCUT2D eigenvalue weighted by Crippen LogP contribution is -2.51. The van der Waals surface area contributed by atoms with Gasteiger partial charge in [0.05, 0.1) is 17.8 Å². The molecule has 0 heterocycles. The summed E-state index contributed by atoms with van der Waals surface area (Å²) in [6.07, 6.45) is -0.816. The van der Waals surface area contributed by atoms with Gasteiger partial charge in [-0.15, -0.1) is 11.8 Å². The van der Waals surface area contributed by atoms with Gasteiger partial charge in [-0.3, -0.25) is 19.2 Å². The zero-order valence-corrected chi connectivity index (χ0v) is 26.8. The van der Waals surface area contributed by atoms with Crippen molar-refractivity contribution in [3.8, 4) is 0 Å². The number of hydrogen-bond donors (Lipinski definition) is 5. The number of rotatable bonds is 16. The standard InChI is InChI=1S/C36H36N4O7S/c41-31(38-23-33(43)44)21-37-32(42)22-39-34(45)30(40-35(46)47-24-26-13-5-1-6-14-26)25-48-36(27-15-7-2-8-16-27,28-17-9-3-10-18-28)29-19-11-4-12-20-29/h1-20,30H,21-25H2,(H,37,42)(H,38,41)(H,39,45)(H,40,46)(H,43,44). The first-order valence-corrected chi connectivity index (χ1v) is 16.1. The largest absolute Gasteiger partial charge is 0.480 e. The van der Waals surface area contributed by atoms with Crippen molar-refractivity contribution >= 4 is 41.5 Å². The predicted molar refractivity (Wildman–Crippen MR) is 182 cm³/mol. The fraction of sp³-hybridized carbons (Fsp3) is 0.194. The molecule has 12 heteroatoms. The van der Waals surface area contributed by atoms with Gasteiger partial charge in [-0.05, 0) is 22.3 Å². The predicted octanol–water partition coefficient (Wildman–Crippen LogP) is 3.44. The van der Waals surface area contributed by atoms with Crippen molar-refractivity contribution in [2.45, 2.75) is 17.4 Å². The SMILES string of the molecule is O=C(O)CNC(=O)CNC(=O)CNC(=O)C(CSC(c1ccccc1)(c1ccccc1)c1ccccc1)NC(=O)OCc1ccccc1. The molecule has 0 aliphatic carbocycles. The Morgan fingerprint density at radius 3 is 1.54 bits per heavy atom. The first-order chi connectivity index (χ1) is 23.3. The molecular formula is C36H36N4O7S. The number of nitrogens with one attached hydrogen (secondary N) is 4. The molecule has 0 aliphatic heterocycles. The van der Waals surface area contributed by atoms with E-state index in [1.165, 1.54) is 11.8 Å². The highest BCUT2D eigenvalue weighted by Crippen LogP contribution is 2.48. The summed E-state index contributed by atoms with van der Waals surface area (Å²) < 4.78 is 4.63. The Balaban J connectivity index is 1.56. The number of amides is 4. The number of benzene rings is 4. The molecule has 0 bridgehead atoms. The quantitative estimate of drug-likeness (QED) is 0.113. The molecule has 0 saturated heterocycles. The second kappa shape index (κ2) is 17.9. The molecule has 0 radical (unpaired) electrons. The molecule has 0 aliphatic rings. The third kappa shape index (κ3) is 10.2. The highest BCUT2D eigenvalue weighted by molar-refractivity contribution is 8.00. The van der Waals surface area contributed by atoms with E-state index in [2.05, 4.69) is 21.3 Å². The number of aliphatic carboxylic acids is 1. The van der Waals surface area contributed by atoms with Crippen LogP contribution in [-0.2, 0) is 35.3 Å². The summed E-state index contributed by atoms with van der Waals surface area (Å²) in [5.74, 6) is -3.18. The monoisotopic (exact) mass is 668 g/mol. The van der Waals surface area contributed by atoms with Gasteiger partial charge < -0.3 is 31.1 Å². The molecule has 0 spiro atoms. The maximum atomic E-state index is 13.6. The summed E-state index contributed by atoms with van der Waals surface area (Å²) in [5.41, 5.74) is 3.64. The van der Waals surface area contributed by atoms with Crippen molar-refractivity contribution in [1.29, 1.82) is 0 Å². The van der Waals surface area contributed by atoms with Crippen LogP contribution in [0.5, 0.6) is 0 Å². The van der Waals surface area contributed by atoms with E-state index in [0.717, 1.165) is 22.3 Å². The summed E-state index contributed by atoms with van der Waals surface area (Å²) in [6.45, 7) is -1.57. The molecular weight excluding hydrogens is 632 g/mol. The number of carbonyl (C=O) groups excluding carboxylic acids is 4. The van der Waals surface area contributed by atoms with Crippen LogP contribution < -0.4 is 21.3 Å². The first kappa shape index (κ1) is 35.2. The number of carboxylic acid groups (broad SMARTS) is 1. The normalized spacial score (nSPS) is 11.4. The molecule has 0 fully saturated rings. The molecule has 248 valence electrons. The lowest BCUT2D eigenvalue weighted by molar-refractivity contribution is -0.137. The van der Waals surface area contributed by atoms with Gasteiger partial charge in [0, 0.05) is 5.75 Å². The molecule has 1 unspecified atom stereocenters. The Kier molecular flexibility index (Phi) is 13.1. The van der Waals surface area contributed by atoms with Crippen LogP contribution in [0.15, 0.2) is 121 Å². The third-order valence-electron chi connectivity index (χ3n) is 7.13. The zero-order chi connectivity index (χ0) is 34.2.